The summed E-state index contributed by atoms with van der Waals surface area (Å²) in [6.07, 6.45) is 4.68. The van der Waals surface area contributed by atoms with Crippen LogP contribution < -0.4 is 10.6 Å². The molecule has 1 aliphatic heterocycles. The van der Waals surface area contributed by atoms with Gasteiger partial charge in [-0.1, -0.05) is 0 Å². The molecule has 0 bridgehead atoms. The number of hydrogen-bond acceptors (Lipinski definition) is 4. The first-order chi connectivity index (χ1) is 10.0. The summed E-state index contributed by atoms with van der Waals surface area (Å²) in [4.78, 5) is 6.83. The largest absolute Gasteiger partial charge is 0.383 e. The van der Waals surface area contributed by atoms with Gasteiger partial charge in [0.15, 0.2) is 5.96 Å². The molecule has 1 saturated heterocycles. The van der Waals surface area contributed by atoms with Crippen molar-refractivity contribution >= 4 is 41.7 Å². The molecule has 2 N–H and O–H groups in total. The zero-order chi connectivity index (χ0) is 15.7. The summed E-state index contributed by atoms with van der Waals surface area (Å²) in [5.74, 6) is 0.899. The predicted octanol–water partition coefficient (Wildman–Crippen LogP) is 2.02. The van der Waals surface area contributed by atoms with Crippen LogP contribution in [0.3, 0.4) is 0 Å². The first-order valence-electron chi connectivity index (χ1n) is 7.75. The van der Waals surface area contributed by atoms with Crippen LogP contribution in [-0.2, 0) is 4.74 Å². The molecular formula is C15H33IN4OS. The third-order valence-corrected chi connectivity index (χ3v) is 5.29. The molecule has 0 aromatic carbocycles. The van der Waals surface area contributed by atoms with Gasteiger partial charge in [-0.3, -0.25) is 9.89 Å². The van der Waals surface area contributed by atoms with Crippen LogP contribution in [0, 0.1) is 0 Å². The highest BCUT2D eigenvalue weighted by atomic mass is 127. The molecule has 132 valence electrons. The Kier molecular flexibility index (Phi) is 11.9. The van der Waals surface area contributed by atoms with E-state index in [-0.39, 0.29) is 28.7 Å². The van der Waals surface area contributed by atoms with E-state index >= 15 is 0 Å². The van der Waals surface area contributed by atoms with Crippen LogP contribution in [0.2, 0.25) is 0 Å². The number of nitrogens with one attached hydrogen (secondary N) is 2. The van der Waals surface area contributed by atoms with Crippen molar-refractivity contribution in [2.75, 3.05) is 53.2 Å². The number of hydrogen-bond donors (Lipinski definition) is 2. The minimum absolute atomic E-state index is 0. The Morgan fingerprint density at radius 1 is 1.41 bits per heavy atom. The van der Waals surface area contributed by atoms with Crippen LogP contribution >= 0.6 is 35.7 Å². The predicted molar refractivity (Wildman–Crippen MR) is 109 cm³/mol. The van der Waals surface area contributed by atoms with Gasteiger partial charge in [-0.2, -0.15) is 11.8 Å². The van der Waals surface area contributed by atoms with Crippen LogP contribution in [0.1, 0.15) is 26.7 Å². The molecule has 0 saturated carbocycles. The van der Waals surface area contributed by atoms with E-state index in [9.17, 15) is 0 Å². The molecule has 7 heteroatoms. The molecule has 1 rings (SSSR count). The number of thioether (sulfide) groups is 1. The maximum atomic E-state index is 5.19. The molecule has 0 aliphatic carbocycles. The van der Waals surface area contributed by atoms with Crippen molar-refractivity contribution in [3.8, 4) is 0 Å². The first-order valence-corrected chi connectivity index (χ1v) is 8.97. The summed E-state index contributed by atoms with van der Waals surface area (Å²) < 4.78 is 5.40. The second kappa shape index (κ2) is 11.8. The highest BCUT2D eigenvalue weighted by molar-refractivity contribution is 14.0. The smallest absolute Gasteiger partial charge is 0.191 e. The van der Waals surface area contributed by atoms with E-state index in [2.05, 4.69) is 40.6 Å². The Labute approximate surface area is 157 Å². The van der Waals surface area contributed by atoms with Crippen molar-refractivity contribution < 1.29 is 4.74 Å². The van der Waals surface area contributed by atoms with Gasteiger partial charge in [0.05, 0.1) is 6.61 Å². The summed E-state index contributed by atoms with van der Waals surface area (Å²) in [6.45, 7) is 9.35. The summed E-state index contributed by atoms with van der Waals surface area (Å²) in [5, 5.41) is 6.88. The van der Waals surface area contributed by atoms with E-state index in [4.69, 9.17) is 4.74 Å². The third-order valence-electron chi connectivity index (χ3n) is 4.04. The van der Waals surface area contributed by atoms with Crippen LogP contribution in [-0.4, -0.2) is 74.8 Å². The van der Waals surface area contributed by atoms with E-state index in [1.54, 1.807) is 7.11 Å². The Hall–Kier alpha value is 0.270. The fourth-order valence-electron chi connectivity index (χ4n) is 2.43. The molecule has 1 unspecified atom stereocenters. The van der Waals surface area contributed by atoms with Gasteiger partial charge in [0.2, 0.25) is 0 Å². The zero-order valence-corrected chi connectivity index (χ0v) is 17.8. The van der Waals surface area contributed by atoms with Gasteiger partial charge >= 0.3 is 0 Å². The highest BCUT2D eigenvalue weighted by Crippen LogP contribution is 2.19. The average Bonchev–Trinajstić information content (AvgIpc) is 2.92. The molecule has 22 heavy (non-hydrogen) atoms. The van der Waals surface area contributed by atoms with Crippen molar-refractivity contribution in [2.45, 2.75) is 37.5 Å². The van der Waals surface area contributed by atoms with Crippen LogP contribution in [0.5, 0.6) is 0 Å². The third kappa shape index (κ3) is 8.21. The molecule has 0 aromatic heterocycles. The van der Waals surface area contributed by atoms with Gasteiger partial charge in [-0.05, 0) is 39.5 Å². The van der Waals surface area contributed by atoms with E-state index < -0.39 is 0 Å². The van der Waals surface area contributed by atoms with Crippen molar-refractivity contribution in [3.05, 3.63) is 0 Å². The van der Waals surface area contributed by atoms with Crippen molar-refractivity contribution in [3.63, 3.8) is 0 Å². The van der Waals surface area contributed by atoms with Gasteiger partial charge in [0.1, 0.15) is 0 Å². The Morgan fingerprint density at radius 3 is 2.73 bits per heavy atom. The van der Waals surface area contributed by atoms with Crippen LogP contribution in [0.4, 0.5) is 0 Å². The topological polar surface area (TPSA) is 48.9 Å². The first kappa shape index (κ1) is 22.3. The maximum absolute atomic E-state index is 5.19. The molecule has 1 heterocycles. The van der Waals surface area contributed by atoms with Crippen LogP contribution in [0.15, 0.2) is 4.99 Å². The Morgan fingerprint density at radius 2 is 2.14 bits per heavy atom. The molecular weight excluding hydrogens is 411 g/mol. The van der Waals surface area contributed by atoms with E-state index in [1.807, 2.05) is 18.8 Å². The number of nitrogens with zero attached hydrogens (tertiary/aromatic N) is 2. The normalized spacial score (nSPS) is 19.9. The molecule has 1 aliphatic rings. The lowest BCUT2D eigenvalue weighted by Gasteiger charge is -2.27. The lowest BCUT2D eigenvalue weighted by atomic mass is 10.2. The van der Waals surface area contributed by atoms with Gasteiger partial charge < -0.3 is 15.4 Å². The summed E-state index contributed by atoms with van der Waals surface area (Å²) in [6, 6.07) is 0.590. The van der Waals surface area contributed by atoms with Crippen molar-refractivity contribution in [1.82, 2.24) is 15.5 Å². The molecule has 0 amide bonds. The number of guanidine groups is 1. The lowest BCUT2D eigenvalue weighted by molar-refractivity contribution is 0.141. The second-order valence-corrected chi connectivity index (χ2v) is 7.61. The molecule has 5 nitrogen and oxygen atoms in total. The number of likely N-dealkylation sites (tertiary alicyclic amines) is 1. The van der Waals surface area contributed by atoms with Crippen molar-refractivity contribution in [2.24, 2.45) is 4.99 Å². The van der Waals surface area contributed by atoms with Crippen molar-refractivity contribution in [1.29, 1.82) is 0 Å². The van der Waals surface area contributed by atoms with Gasteiger partial charge in [0.25, 0.3) is 0 Å². The number of aliphatic imine (C=N–C) groups is 1. The second-order valence-electron chi connectivity index (χ2n) is 6.10. The maximum Gasteiger partial charge on any atom is 0.191 e. The number of halogens is 1. The molecule has 0 aromatic rings. The quantitative estimate of drug-likeness (QED) is 0.341. The number of rotatable bonds is 8. The van der Waals surface area contributed by atoms with Gasteiger partial charge in [0, 0.05) is 44.6 Å². The number of ether oxygens (including phenoxy) is 1. The fraction of sp³-hybridized carbons (Fsp3) is 0.933. The molecule has 0 radical (unpaired) electrons. The highest BCUT2D eigenvalue weighted by Gasteiger charge is 2.24. The molecule has 0 spiro atoms. The fourth-order valence-corrected chi connectivity index (χ4v) is 2.65. The lowest BCUT2D eigenvalue weighted by Crippen LogP contribution is -2.47. The van der Waals surface area contributed by atoms with E-state index in [0.29, 0.717) is 6.04 Å². The summed E-state index contributed by atoms with van der Waals surface area (Å²) in [7, 11) is 3.60. The Balaban J connectivity index is 0.00000441. The monoisotopic (exact) mass is 444 g/mol. The molecule has 1 fully saturated rings. The minimum Gasteiger partial charge on any atom is -0.383 e. The summed E-state index contributed by atoms with van der Waals surface area (Å²) >= 11 is 1.87. The Bertz CT molecular complexity index is 329. The van der Waals surface area contributed by atoms with E-state index in [0.717, 1.165) is 32.2 Å². The minimum atomic E-state index is 0. The van der Waals surface area contributed by atoms with Gasteiger partial charge in [-0.25, -0.2) is 0 Å². The summed E-state index contributed by atoms with van der Waals surface area (Å²) in [5.41, 5.74) is 0. The van der Waals surface area contributed by atoms with Gasteiger partial charge in [-0.15, -0.1) is 24.0 Å². The average molecular weight is 444 g/mol. The number of methoxy groups -OCH3 is 1. The zero-order valence-electron chi connectivity index (χ0n) is 14.6. The standard InChI is InChI=1S/C15H32N4OS.HI/c1-15(2,21-5)12-18-14(16-3)17-11-13-7-6-8-19(13)9-10-20-4;/h13H,6-12H2,1-5H3,(H2,16,17,18);1H. The SMILES string of the molecule is CN=C(NCC1CCCN1CCOC)NCC(C)(C)SC.I. The molecule has 1 atom stereocenters. The van der Waals surface area contributed by atoms with Crippen LogP contribution in [0.25, 0.3) is 0 Å². The van der Waals surface area contributed by atoms with E-state index in [1.165, 1.54) is 19.4 Å².